The number of aliphatic hydroxyl groups excluding tert-OH is 4. The highest BCUT2D eigenvalue weighted by Gasteiger charge is 2.33. The van der Waals surface area contributed by atoms with Crippen molar-refractivity contribution in [3.8, 4) is 23.0 Å². The van der Waals surface area contributed by atoms with Crippen LogP contribution in [0.1, 0.15) is 169 Å². The number of nitrogens with one attached hydrogen (secondary N) is 9. The van der Waals surface area contributed by atoms with Crippen molar-refractivity contribution < 1.29 is 119 Å². The third-order valence-electron chi connectivity index (χ3n) is 21.0. The number of benzene rings is 5. The Balaban J connectivity index is 0.000000179. The van der Waals surface area contributed by atoms with Gasteiger partial charge in [0.05, 0.1) is 39.6 Å². The average molecular weight is 1940 g/mol. The molecule has 13 aromatic rings. The average Bonchev–Trinajstić information content (AvgIpc) is 0.778. The molecule has 4 unspecified atom stereocenters. The van der Waals surface area contributed by atoms with Crippen LogP contribution in [0.2, 0.25) is 0 Å². The van der Waals surface area contributed by atoms with Crippen LogP contribution in [0.15, 0.2) is 176 Å². The van der Waals surface area contributed by atoms with Gasteiger partial charge in [-0.2, -0.15) is 13.2 Å². The number of hydrogen-bond acceptors (Lipinski definition) is 27. The van der Waals surface area contributed by atoms with Crippen LogP contribution in [-0.4, -0.2) is 241 Å². The van der Waals surface area contributed by atoms with E-state index in [2.05, 4.69) is 87.5 Å². The van der Waals surface area contributed by atoms with E-state index in [4.69, 9.17) is 14.9 Å². The van der Waals surface area contributed by atoms with Gasteiger partial charge in [-0.25, -0.2) is 37.5 Å². The van der Waals surface area contributed by atoms with E-state index in [0.717, 1.165) is 35.3 Å². The Kier molecular flexibility index (Phi) is 36.3. The lowest BCUT2D eigenvalue weighted by Gasteiger charge is -2.26. The topological polar surface area (TPSA) is 539 Å². The Morgan fingerprint density at radius 3 is 0.936 bits per heavy atom. The van der Waals surface area contributed by atoms with Gasteiger partial charge in [0.15, 0.2) is 45.8 Å². The Morgan fingerprint density at radius 2 is 0.650 bits per heavy atom. The quantitative estimate of drug-likeness (QED) is 0.0151. The molecule has 0 spiro atoms. The third kappa shape index (κ3) is 28.6. The minimum absolute atomic E-state index is 0.0412. The maximum absolute atomic E-state index is 13.3. The molecule has 1 saturated heterocycles. The molecule has 140 heavy (non-hydrogen) atoms. The van der Waals surface area contributed by atoms with Crippen molar-refractivity contribution >= 4 is 96.8 Å². The number of pyridine rings is 8. The first-order chi connectivity index (χ1) is 66.9. The molecule has 1 fully saturated rings. The number of fused-ring (bicyclic) bond motifs is 4. The van der Waals surface area contributed by atoms with Crippen LogP contribution in [0.5, 0.6) is 23.0 Å². The lowest BCUT2D eigenvalue weighted by Crippen LogP contribution is -2.41. The molecule has 732 valence electrons. The molecule has 1 aliphatic rings. The van der Waals surface area contributed by atoms with Crippen LogP contribution in [0.3, 0.4) is 0 Å². The minimum atomic E-state index is -4.69. The number of aromatic hydroxyl groups is 4. The van der Waals surface area contributed by atoms with Crippen LogP contribution < -0.4 is 48.1 Å². The molecule has 5 aromatic carbocycles. The predicted molar refractivity (Wildman–Crippen MR) is 495 cm³/mol. The number of rotatable bonds is 30. The molecular weight excluding hydrogens is 1840 g/mol. The summed E-state index contributed by atoms with van der Waals surface area (Å²) in [4.78, 5) is 149. The zero-order valence-electron chi connectivity index (χ0n) is 75.7. The molecule has 9 amide bonds. The molecule has 0 aliphatic carbocycles. The summed E-state index contributed by atoms with van der Waals surface area (Å²) in [6.45, 7) is 8.41. The van der Waals surface area contributed by atoms with E-state index < -0.39 is 143 Å². The molecule has 1 aliphatic heterocycles. The minimum Gasteiger partial charge on any atom is -0.504 e. The van der Waals surface area contributed by atoms with Crippen molar-refractivity contribution in [2.45, 2.75) is 97.2 Å². The largest absolute Gasteiger partial charge is 0.504 e. The summed E-state index contributed by atoms with van der Waals surface area (Å²) in [5, 5.41) is 97.5. The van der Waals surface area contributed by atoms with Crippen LogP contribution in [0, 0.1) is 23.3 Å². The second-order valence-corrected chi connectivity index (χ2v) is 32.3. The first kappa shape index (κ1) is 105. The number of aliphatic hydroxyl groups is 4. The lowest BCUT2D eigenvalue weighted by molar-refractivity contribution is -0.123. The summed E-state index contributed by atoms with van der Waals surface area (Å²) < 4.78 is 96.2. The fourth-order valence-corrected chi connectivity index (χ4v) is 13.8. The number of aromatic nitrogens is 8. The second kappa shape index (κ2) is 48.7. The smallest absolute Gasteiger partial charge is 0.405 e. The normalized spacial score (nSPS) is 12.7. The summed E-state index contributed by atoms with van der Waals surface area (Å²) >= 11 is 0. The van der Waals surface area contributed by atoms with E-state index in [0.29, 0.717) is 73.4 Å². The lowest BCUT2D eigenvalue weighted by atomic mass is 10.0. The van der Waals surface area contributed by atoms with Crippen molar-refractivity contribution in [2.75, 3.05) is 72.4 Å². The van der Waals surface area contributed by atoms with E-state index in [9.17, 15) is 105 Å². The summed E-state index contributed by atoms with van der Waals surface area (Å²) in [5.41, 5.74) is 7.96. The molecule has 14 rings (SSSR count). The summed E-state index contributed by atoms with van der Waals surface area (Å²) in [6.07, 6.45) is 2.59. The molecule has 9 heterocycles. The Morgan fingerprint density at radius 1 is 0.364 bits per heavy atom. The van der Waals surface area contributed by atoms with Gasteiger partial charge in [0.1, 0.15) is 74.7 Å². The number of ether oxygens (including phenoxy) is 1. The van der Waals surface area contributed by atoms with Gasteiger partial charge < -0.3 is 82.8 Å². The molecule has 0 saturated carbocycles. The van der Waals surface area contributed by atoms with E-state index in [-0.39, 0.29) is 122 Å². The van der Waals surface area contributed by atoms with Gasteiger partial charge in [-0.3, -0.25) is 78.8 Å². The number of amides is 9. The van der Waals surface area contributed by atoms with Gasteiger partial charge in [0.2, 0.25) is 5.91 Å². The van der Waals surface area contributed by atoms with Crippen LogP contribution in [0.25, 0.3) is 43.6 Å². The summed E-state index contributed by atoms with van der Waals surface area (Å²) in [7, 11) is 0. The number of nitrogens with zero attached hydrogens (tertiary/aromatic N) is 9. The SMILES string of the molecule is CC(=O)NNC(=O)c1nc(C(=O)NC(C)CO)c(O)c2ncc(Cc3ccc(F)cc3)cc12.CC(CO)NC(=O)c1nc(C(=O)NCC(F)(F)F)c2cc(Cc3ccc(F)cc3)cnc2c1O.CC(CO)NC(=O)c1nc(C(=O)NCCN2CCOCC2)c2cc(Cc3ccc(F)cc3)cnc2c1O.CC(CO)NC(=O)c1nc(C(=O)NCc2ccccc2)c2cc(Cc3ccc(F)cc3)cnc2c1O. The number of hydrazine groups is 1. The van der Waals surface area contributed by atoms with Crippen molar-refractivity contribution in [2.24, 2.45) is 0 Å². The van der Waals surface area contributed by atoms with Gasteiger partial charge >= 0.3 is 6.18 Å². The summed E-state index contributed by atoms with van der Waals surface area (Å²) in [6, 6.07) is 36.6. The molecule has 0 radical (unpaired) electrons. The fraction of sp³-hybridized carbons (Fsp3) is 0.268. The fourth-order valence-electron chi connectivity index (χ4n) is 13.8. The third-order valence-corrected chi connectivity index (χ3v) is 21.0. The Hall–Kier alpha value is -16.0. The predicted octanol–water partition coefficient (Wildman–Crippen LogP) is 7.77. The highest BCUT2D eigenvalue weighted by molar-refractivity contribution is 6.13. The number of halogens is 7. The molecule has 0 bridgehead atoms. The monoisotopic (exact) mass is 1930 g/mol. The first-order valence-corrected chi connectivity index (χ1v) is 43.4. The van der Waals surface area contributed by atoms with Crippen molar-refractivity contribution in [1.82, 2.24) is 92.8 Å². The standard InChI is InChI=1S/C27H25FN4O4.C26H30FN5O5.C22H20F4N4O4.C22H22FN5O5/c1-16(15-33)31-27(36)24-25(34)22-21(12-19(14-29-22)11-17-7-9-20(28)10-8-17)23(32-24)26(35)30-13-18-5-3-2-4-6-18;1-16(15-33)30-26(36)23-24(34)21-20(13-18(14-29-21)12-17-2-4-19(27)5-3-17)22(31-23)25(35)28-6-7-32-8-10-37-11-9-32;1-11(9-31)29-21(34)18-19(32)16-15(17(30-18)20(33)28-10-22(24,25)26)7-13(8-27-16)6-12-2-4-14(23)5-3-12;1-11(10-29)25-21(32)19-20(31)17-16(18(26-19)22(33)28-27-12(2)30)8-14(9-24-17)7-13-3-5-15(23)6-4-13/h2-10,12,14,16,33-34H,11,13,15H2,1H3,(H,30,35)(H,31,36);2-5,13-14,16,33-34H,6-12,15H2,1H3,(H,28,35)(H,30,36);2-5,7-8,11,31-32H,6,9-10H2,1H3,(H,28,33)(H,29,34);3-6,8-9,11,29,31H,7,10H2,1-2H3,(H,25,32)(H,27,30)(H,28,33). The van der Waals surface area contributed by atoms with Gasteiger partial charge in [-0.1, -0.05) is 78.9 Å². The van der Waals surface area contributed by atoms with E-state index in [1.165, 1.54) is 105 Å². The molecule has 43 heteroatoms. The zero-order valence-corrected chi connectivity index (χ0v) is 75.7. The maximum atomic E-state index is 13.3. The van der Waals surface area contributed by atoms with Crippen molar-refractivity contribution in [3.63, 3.8) is 0 Å². The Labute approximate surface area is 793 Å². The Bertz CT molecular complexity index is 6680. The van der Waals surface area contributed by atoms with E-state index >= 15 is 0 Å². The van der Waals surface area contributed by atoms with Crippen molar-refractivity contribution in [3.05, 3.63) is 295 Å². The van der Waals surface area contributed by atoms with Gasteiger partial charge in [0.25, 0.3) is 47.3 Å². The van der Waals surface area contributed by atoms with Gasteiger partial charge in [-0.15, -0.1) is 0 Å². The molecule has 4 atom stereocenters. The van der Waals surface area contributed by atoms with Gasteiger partial charge in [0, 0.05) is 110 Å². The maximum Gasteiger partial charge on any atom is 0.405 e. The molecule has 8 aromatic heterocycles. The molecule has 17 N–H and O–H groups in total. The molecule has 36 nitrogen and oxygen atoms in total. The van der Waals surface area contributed by atoms with Crippen molar-refractivity contribution in [1.29, 1.82) is 0 Å². The van der Waals surface area contributed by atoms with Crippen LogP contribution >= 0.6 is 0 Å². The highest BCUT2D eigenvalue weighted by Crippen LogP contribution is 2.35. The summed E-state index contributed by atoms with van der Waals surface area (Å²) in [5.74, 6) is -10.6. The number of morpholine rings is 1. The number of carbonyl (C=O) groups is 9. The molecular formula is C97H97F7N18O18. The van der Waals surface area contributed by atoms with Crippen LogP contribution in [0.4, 0.5) is 30.7 Å². The van der Waals surface area contributed by atoms with Crippen LogP contribution in [-0.2, 0) is 41.8 Å². The first-order valence-electron chi connectivity index (χ1n) is 43.4. The number of alkyl halides is 3. The number of carbonyl (C=O) groups excluding carboxylic acids is 9. The highest BCUT2D eigenvalue weighted by atomic mass is 19.4. The van der Waals surface area contributed by atoms with Gasteiger partial charge in [-0.05, 0) is 176 Å². The zero-order chi connectivity index (χ0) is 101. The van der Waals surface area contributed by atoms with E-state index in [1.807, 2.05) is 30.3 Å². The second-order valence-electron chi connectivity index (χ2n) is 32.3. The van der Waals surface area contributed by atoms with E-state index in [1.54, 1.807) is 80.7 Å². The number of hydrogen-bond donors (Lipinski definition) is 17.